The molecule has 1 N–H and O–H groups in total. The van der Waals surface area contributed by atoms with Crippen LogP contribution in [0.5, 0.6) is 0 Å². The van der Waals surface area contributed by atoms with E-state index >= 15 is 0 Å². The van der Waals surface area contributed by atoms with Crippen LogP contribution in [0.3, 0.4) is 0 Å². The number of carbonyl (C=O) groups excluding carboxylic acids is 1. The zero-order valence-electron chi connectivity index (χ0n) is 10.1. The summed E-state index contributed by atoms with van der Waals surface area (Å²) in [6, 6.07) is 0.602. The minimum Gasteiger partial charge on any atom is -0.378 e. The third-order valence-electron chi connectivity index (χ3n) is 3.46. The maximum atomic E-state index is 11.8. The molecule has 0 aromatic heterocycles. The van der Waals surface area contributed by atoms with Gasteiger partial charge in [-0.15, -0.1) is 0 Å². The summed E-state index contributed by atoms with van der Waals surface area (Å²) in [4.78, 5) is 13.7. The summed E-state index contributed by atoms with van der Waals surface area (Å²) < 4.78 is 5.22. The van der Waals surface area contributed by atoms with E-state index in [1.807, 2.05) is 4.90 Å². The Morgan fingerprint density at radius 2 is 2.19 bits per heavy atom. The first-order valence-corrected chi connectivity index (χ1v) is 6.40. The van der Waals surface area contributed by atoms with E-state index in [9.17, 15) is 4.79 Å². The Morgan fingerprint density at radius 3 is 2.88 bits per heavy atom. The summed E-state index contributed by atoms with van der Waals surface area (Å²) >= 11 is 0. The predicted octanol–water partition coefficient (Wildman–Crippen LogP) is 0.623. The van der Waals surface area contributed by atoms with E-state index in [0.717, 1.165) is 19.0 Å². The number of hydrogen-bond acceptors (Lipinski definition) is 3. The highest BCUT2D eigenvalue weighted by atomic mass is 16.5. The van der Waals surface area contributed by atoms with E-state index in [0.29, 0.717) is 25.8 Å². The molecule has 2 aliphatic rings. The van der Waals surface area contributed by atoms with Gasteiger partial charge in [0.05, 0.1) is 19.8 Å². The summed E-state index contributed by atoms with van der Waals surface area (Å²) in [7, 11) is 0. The van der Waals surface area contributed by atoms with Gasteiger partial charge in [0.25, 0.3) is 0 Å². The topological polar surface area (TPSA) is 41.6 Å². The molecule has 0 radical (unpaired) electrons. The summed E-state index contributed by atoms with van der Waals surface area (Å²) in [6.07, 6.45) is 3.80. The third kappa shape index (κ3) is 3.19. The maximum Gasteiger partial charge on any atom is 0.236 e. The summed E-state index contributed by atoms with van der Waals surface area (Å²) in [5.74, 6) is 1.05. The molecule has 2 unspecified atom stereocenters. The van der Waals surface area contributed by atoms with E-state index in [-0.39, 0.29) is 5.91 Å². The normalized spacial score (nSPS) is 29.2. The Hall–Kier alpha value is -0.610. The molecule has 0 bridgehead atoms. The first-order chi connectivity index (χ1) is 7.81. The highest BCUT2D eigenvalue weighted by Gasteiger charge is 2.35. The number of nitrogens with one attached hydrogen (secondary N) is 1. The van der Waals surface area contributed by atoms with Crippen LogP contribution >= 0.6 is 0 Å². The molecule has 0 spiro atoms. The molecule has 4 heteroatoms. The van der Waals surface area contributed by atoms with Gasteiger partial charge in [-0.25, -0.2) is 0 Å². The second-order valence-corrected chi connectivity index (χ2v) is 4.77. The molecule has 4 nitrogen and oxygen atoms in total. The van der Waals surface area contributed by atoms with Gasteiger partial charge in [-0.3, -0.25) is 4.79 Å². The molecule has 92 valence electrons. The van der Waals surface area contributed by atoms with Crippen LogP contribution in [0.4, 0.5) is 0 Å². The fraction of sp³-hybridized carbons (Fsp3) is 0.917. The van der Waals surface area contributed by atoms with Crippen LogP contribution in [0.1, 0.15) is 26.2 Å². The van der Waals surface area contributed by atoms with Crippen LogP contribution in [-0.4, -0.2) is 49.7 Å². The number of hydrogen-bond donors (Lipinski definition) is 1. The molecule has 1 saturated carbocycles. The number of ether oxygens (including phenoxy) is 1. The second kappa shape index (κ2) is 5.64. The second-order valence-electron chi connectivity index (χ2n) is 4.77. The number of amides is 1. The molecule has 0 aromatic carbocycles. The van der Waals surface area contributed by atoms with Crippen LogP contribution < -0.4 is 5.32 Å². The van der Waals surface area contributed by atoms with Crippen molar-refractivity contribution < 1.29 is 9.53 Å². The predicted molar refractivity (Wildman–Crippen MR) is 62.2 cm³/mol. The molecule has 16 heavy (non-hydrogen) atoms. The maximum absolute atomic E-state index is 11.8. The van der Waals surface area contributed by atoms with Crippen LogP contribution in [-0.2, 0) is 9.53 Å². The summed E-state index contributed by atoms with van der Waals surface area (Å²) in [5, 5.41) is 3.36. The van der Waals surface area contributed by atoms with Gasteiger partial charge in [-0.05, 0) is 18.8 Å². The Kier molecular flexibility index (Phi) is 4.18. The van der Waals surface area contributed by atoms with Gasteiger partial charge < -0.3 is 15.0 Å². The van der Waals surface area contributed by atoms with Crippen molar-refractivity contribution in [2.45, 2.75) is 32.2 Å². The summed E-state index contributed by atoms with van der Waals surface area (Å²) in [5.41, 5.74) is 0. The van der Waals surface area contributed by atoms with E-state index in [4.69, 9.17) is 4.74 Å². The van der Waals surface area contributed by atoms with Crippen molar-refractivity contribution in [1.82, 2.24) is 10.2 Å². The number of morpholine rings is 1. The van der Waals surface area contributed by atoms with Crippen LogP contribution in [0.15, 0.2) is 0 Å². The van der Waals surface area contributed by atoms with Gasteiger partial charge in [0.2, 0.25) is 5.91 Å². The highest BCUT2D eigenvalue weighted by molar-refractivity contribution is 5.78. The average molecular weight is 226 g/mol. The fourth-order valence-corrected chi connectivity index (χ4v) is 2.33. The minimum atomic E-state index is 0.227. The quantitative estimate of drug-likeness (QED) is 0.747. The van der Waals surface area contributed by atoms with E-state index in [2.05, 4.69) is 12.2 Å². The van der Waals surface area contributed by atoms with Crippen molar-refractivity contribution in [3.63, 3.8) is 0 Å². The lowest BCUT2D eigenvalue weighted by molar-refractivity contribution is -0.134. The zero-order valence-corrected chi connectivity index (χ0v) is 10.1. The molecular formula is C12H22N2O2. The van der Waals surface area contributed by atoms with E-state index in [1.54, 1.807) is 0 Å². The Bertz CT molecular complexity index is 239. The molecule has 1 heterocycles. The molecule has 2 fully saturated rings. The number of nitrogens with zero attached hydrogens (tertiary/aromatic N) is 1. The van der Waals surface area contributed by atoms with Gasteiger partial charge in [0.15, 0.2) is 0 Å². The van der Waals surface area contributed by atoms with Crippen molar-refractivity contribution in [1.29, 1.82) is 0 Å². The van der Waals surface area contributed by atoms with Gasteiger partial charge in [-0.1, -0.05) is 13.3 Å². The van der Waals surface area contributed by atoms with Crippen molar-refractivity contribution >= 4 is 5.91 Å². The van der Waals surface area contributed by atoms with E-state index < -0.39 is 0 Å². The van der Waals surface area contributed by atoms with Gasteiger partial charge >= 0.3 is 0 Å². The average Bonchev–Trinajstić information content (AvgIpc) is 3.06. The van der Waals surface area contributed by atoms with Crippen molar-refractivity contribution in [2.75, 3.05) is 32.8 Å². The van der Waals surface area contributed by atoms with Crippen molar-refractivity contribution in [3.8, 4) is 0 Å². The molecule has 2 rings (SSSR count). The molecule has 2 atom stereocenters. The number of carbonyl (C=O) groups is 1. The Balaban J connectivity index is 1.61. The van der Waals surface area contributed by atoms with Gasteiger partial charge in [0.1, 0.15) is 0 Å². The van der Waals surface area contributed by atoms with Crippen molar-refractivity contribution in [2.24, 2.45) is 5.92 Å². The molecule has 0 aromatic rings. The Labute approximate surface area is 97.3 Å². The molecular weight excluding hydrogens is 204 g/mol. The first kappa shape index (κ1) is 11.9. The highest BCUT2D eigenvalue weighted by Crippen LogP contribution is 2.34. The van der Waals surface area contributed by atoms with Gasteiger partial charge in [0, 0.05) is 19.1 Å². The van der Waals surface area contributed by atoms with E-state index in [1.165, 1.54) is 19.3 Å². The largest absolute Gasteiger partial charge is 0.378 e. The van der Waals surface area contributed by atoms with Crippen molar-refractivity contribution in [3.05, 3.63) is 0 Å². The van der Waals surface area contributed by atoms with Gasteiger partial charge in [-0.2, -0.15) is 0 Å². The standard InChI is InChI=1S/C12H22N2O2/c1-2-3-10-8-11(10)13-9-12(15)14-4-6-16-7-5-14/h10-11,13H,2-9H2,1H3. The van der Waals surface area contributed by atoms with Crippen LogP contribution in [0.2, 0.25) is 0 Å². The third-order valence-corrected chi connectivity index (χ3v) is 3.46. The molecule has 1 saturated heterocycles. The monoisotopic (exact) mass is 226 g/mol. The van der Waals surface area contributed by atoms with Crippen LogP contribution in [0, 0.1) is 5.92 Å². The lowest BCUT2D eigenvalue weighted by atomic mass is 10.2. The smallest absolute Gasteiger partial charge is 0.236 e. The summed E-state index contributed by atoms with van der Waals surface area (Å²) in [6.45, 7) is 5.60. The zero-order chi connectivity index (χ0) is 11.4. The molecule has 1 amide bonds. The first-order valence-electron chi connectivity index (χ1n) is 6.40. The lowest BCUT2D eigenvalue weighted by Gasteiger charge is -2.27. The molecule has 1 aliphatic heterocycles. The SMILES string of the molecule is CCCC1CC1NCC(=O)N1CCOCC1. The van der Waals surface area contributed by atoms with Crippen LogP contribution in [0.25, 0.3) is 0 Å². The minimum absolute atomic E-state index is 0.227. The fourth-order valence-electron chi connectivity index (χ4n) is 2.33. The molecule has 1 aliphatic carbocycles. The number of rotatable bonds is 5. The lowest BCUT2D eigenvalue weighted by Crippen LogP contribution is -2.45. The Morgan fingerprint density at radius 1 is 1.44 bits per heavy atom.